The van der Waals surface area contributed by atoms with Crippen molar-refractivity contribution in [2.45, 2.75) is 49.5 Å². The van der Waals surface area contributed by atoms with E-state index in [1.54, 1.807) is 13.0 Å². The smallest absolute Gasteiger partial charge is 0.308 e. The van der Waals surface area contributed by atoms with E-state index in [-0.39, 0.29) is 4.90 Å². The van der Waals surface area contributed by atoms with E-state index in [1.165, 1.54) is 10.5 Å². The van der Waals surface area contributed by atoms with Crippen LogP contribution in [0.1, 0.15) is 44.2 Å². The summed E-state index contributed by atoms with van der Waals surface area (Å²) in [6.07, 6.45) is 4.30. The molecule has 3 heterocycles. The van der Waals surface area contributed by atoms with Gasteiger partial charge in [0, 0.05) is 18.5 Å². The lowest BCUT2D eigenvalue weighted by molar-refractivity contribution is -0.144. The average Bonchev–Trinajstić information content (AvgIpc) is 3.33. The Bertz CT molecular complexity index is 934. The van der Waals surface area contributed by atoms with Gasteiger partial charge < -0.3 is 9.63 Å². The lowest BCUT2D eigenvalue weighted by atomic mass is 9.92. The number of carbonyl (C=O) groups is 1. The number of carboxylic acid groups (broad SMARTS) is 1. The number of rotatable bonds is 4. The Morgan fingerprint density at radius 2 is 2.12 bits per heavy atom. The Morgan fingerprint density at radius 3 is 2.80 bits per heavy atom. The summed E-state index contributed by atoms with van der Waals surface area (Å²) in [5, 5.41) is 14.0. The number of nitrogens with zero attached hydrogens (tertiary/aromatic N) is 3. The molecule has 134 valence electrons. The van der Waals surface area contributed by atoms with Crippen molar-refractivity contribution in [1.29, 1.82) is 0 Å². The Kier molecular flexibility index (Phi) is 3.80. The van der Waals surface area contributed by atoms with Crippen LogP contribution in [0.4, 0.5) is 0 Å². The van der Waals surface area contributed by atoms with Crippen molar-refractivity contribution < 1.29 is 22.8 Å². The minimum Gasteiger partial charge on any atom is -0.481 e. The molecule has 4 rings (SSSR count). The maximum atomic E-state index is 13.1. The fourth-order valence-corrected chi connectivity index (χ4v) is 5.22. The minimum atomic E-state index is -3.83. The van der Waals surface area contributed by atoms with Gasteiger partial charge >= 0.3 is 5.97 Å². The molecule has 0 bridgehead atoms. The number of carboxylic acids is 1. The van der Waals surface area contributed by atoms with Crippen molar-refractivity contribution in [1.82, 2.24) is 14.4 Å². The molecule has 0 amide bonds. The van der Waals surface area contributed by atoms with E-state index >= 15 is 0 Å². The van der Waals surface area contributed by atoms with Crippen LogP contribution < -0.4 is 0 Å². The molecule has 1 aliphatic heterocycles. The molecular weight excluding hydrogens is 346 g/mol. The summed E-state index contributed by atoms with van der Waals surface area (Å²) in [5.74, 6) is -1.35. The highest BCUT2D eigenvalue weighted by Crippen LogP contribution is 2.42. The normalized spacial score (nSPS) is 25.3. The lowest BCUT2D eigenvalue weighted by Gasteiger charge is -2.36. The summed E-state index contributed by atoms with van der Waals surface area (Å²) >= 11 is 0. The van der Waals surface area contributed by atoms with Crippen molar-refractivity contribution in [3.8, 4) is 0 Å². The van der Waals surface area contributed by atoms with Crippen LogP contribution in [0.2, 0.25) is 0 Å². The number of aromatic nitrogens is 2. The first-order chi connectivity index (χ1) is 11.9. The lowest BCUT2D eigenvalue weighted by Crippen LogP contribution is -2.49. The van der Waals surface area contributed by atoms with E-state index in [0.717, 1.165) is 18.5 Å². The fraction of sp³-hybridized carbons (Fsp3) is 0.562. The third-order valence-corrected chi connectivity index (χ3v) is 7.10. The Morgan fingerprint density at radius 1 is 1.36 bits per heavy atom. The topological polar surface area (TPSA) is 114 Å². The van der Waals surface area contributed by atoms with Crippen molar-refractivity contribution in [3.63, 3.8) is 0 Å². The molecule has 2 aromatic heterocycles. The number of piperidine rings is 1. The molecule has 0 aromatic carbocycles. The van der Waals surface area contributed by atoms with Gasteiger partial charge in [-0.3, -0.25) is 4.79 Å². The van der Waals surface area contributed by atoms with Gasteiger partial charge in [0.2, 0.25) is 10.0 Å². The van der Waals surface area contributed by atoms with Gasteiger partial charge in [-0.25, -0.2) is 13.4 Å². The standard InChI is InChI=1S/C16H19N3O5S/c1-9-12(16(20)21)3-2-6-19(9)25(22,23)11-7-13-14(10-4-5-10)18-24-15(13)17-8-11/h7-10,12H,2-6H2,1H3,(H,20,21)/t9-,12-/m1/s1. The first kappa shape index (κ1) is 16.5. The molecule has 2 aliphatic rings. The highest BCUT2D eigenvalue weighted by atomic mass is 32.2. The Labute approximate surface area is 144 Å². The highest BCUT2D eigenvalue weighted by Gasteiger charge is 2.40. The van der Waals surface area contributed by atoms with Crippen LogP contribution in [0.5, 0.6) is 0 Å². The quantitative estimate of drug-likeness (QED) is 0.881. The van der Waals surface area contributed by atoms with E-state index in [9.17, 15) is 18.3 Å². The van der Waals surface area contributed by atoms with E-state index in [1.807, 2.05) is 0 Å². The summed E-state index contributed by atoms with van der Waals surface area (Å²) < 4.78 is 32.6. The molecule has 0 radical (unpaired) electrons. The SMILES string of the molecule is C[C@@H]1[C@H](C(=O)O)CCCN1S(=O)(=O)c1cnc2onc(C3CC3)c2c1. The molecule has 1 saturated carbocycles. The molecule has 1 N–H and O–H groups in total. The van der Waals surface area contributed by atoms with Crippen LogP contribution in [0.3, 0.4) is 0 Å². The van der Waals surface area contributed by atoms with Crippen LogP contribution in [0.15, 0.2) is 21.7 Å². The van der Waals surface area contributed by atoms with E-state index in [2.05, 4.69) is 10.1 Å². The van der Waals surface area contributed by atoms with Crippen molar-refractivity contribution >= 4 is 27.1 Å². The third-order valence-electron chi connectivity index (χ3n) is 5.15. The molecule has 2 atom stereocenters. The molecule has 0 unspecified atom stereocenters. The molecule has 2 fully saturated rings. The van der Waals surface area contributed by atoms with Crippen LogP contribution in [-0.2, 0) is 14.8 Å². The average molecular weight is 365 g/mol. The molecule has 2 aromatic rings. The van der Waals surface area contributed by atoms with Gasteiger partial charge in [0.1, 0.15) is 4.90 Å². The van der Waals surface area contributed by atoms with Gasteiger partial charge in [0.05, 0.1) is 23.2 Å². The summed E-state index contributed by atoms with van der Waals surface area (Å²) in [6, 6.07) is 0.955. The van der Waals surface area contributed by atoms with Crippen LogP contribution in [0, 0.1) is 5.92 Å². The molecule has 1 saturated heterocycles. The zero-order valence-corrected chi connectivity index (χ0v) is 14.6. The molecule has 0 spiro atoms. The second kappa shape index (κ2) is 5.77. The molecule has 8 nitrogen and oxygen atoms in total. The summed E-state index contributed by atoms with van der Waals surface area (Å²) in [5.41, 5.74) is 1.09. The van der Waals surface area contributed by atoms with Crippen molar-refractivity contribution in [2.75, 3.05) is 6.54 Å². The van der Waals surface area contributed by atoms with Crippen molar-refractivity contribution in [3.05, 3.63) is 18.0 Å². The molecule has 1 aliphatic carbocycles. The maximum Gasteiger partial charge on any atom is 0.308 e. The monoisotopic (exact) mass is 365 g/mol. The van der Waals surface area contributed by atoms with Crippen LogP contribution in [-0.4, -0.2) is 46.5 Å². The van der Waals surface area contributed by atoms with Crippen molar-refractivity contribution in [2.24, 2.45) is 5.92 Å². The number of aliphatic carboxylic acids is 1. The van der Waals surface area contributed by atoms with Gasteiger partial charge in [-0.05, 0) is 38.7 Å². The predicted molar refractivity (Wildman–Crippen MR) is 87.5 cm³/mol. The molecule has 25 heavy (non-hydrogen) atoms. The minimum absolute atomic E-state index is 0.0583. The van der Waals surface area contributed by atoms with E-state index in [0.29, 0.717) is 36.4 Å². The predicted octanol–water partition coefficient (Wildman–Crippen LogP) is 1.97. The second-order valence-corrected chi connectivity index (χ2v) is 8.70. The van der Waals surface area contributed by atoms with Gasteiger partial charge in [0.25, 0.3) is 5.71 Å². The number of pyridine rings is 1. The number of hydrogen-bond donors (Lipinski definition) is 1. The van der Waals surface area contributed by atoms with Gasteiger partial charge in [0.15, 0.2) is 0 Å². The number of sulfonamides is 1. The van der Waals surface area contributed by atoms with Crippen LogP contribution >= 0.6 is 0 Å². The van der Waals surface area contributed by atoms with E-state index < -0.39 is 28.0 Å². The zero-order chi connectivity index (χ0) is 17.8. The van der Waals surface area contributed by atoms with Gasteiger partial charge in [-0.1, -0.05) is 5.16 Å². The number of fused-ring (bicyclic) bond motifs is 1. The Hall–Kier alpha value is -2.00. The molecule has 9 heteroatoms. The Balaban J connectivity index is 1.73. The fourth-order valence-electron chi connectivity index (χ4n) is 3.54. The highest BCUT2D eigenvalue weighted by molar-refractivity contribution is 7.89. The van der Waals surface area contributed by atoms with Crippen LogP contribution in [0.25, 0.3) is 11.1 Å². The largest absolute Gasteiger partial charge is 0.481 e. The summed E-state index contributed by atoms with van der Waals surface area (Å²) in [7, 11) is -3.83. The third kappa shape index (κ3) is 2.71. The zero-order valence-electron chi connectivity index (χ0n) is 13.8. The first-order valence-electron chi connectivity index (χ1n) is 8.39. The summed E-state index contributed by atoms with van der Waals surface area (Å²) in [6.45, 7) is 1.96. The second-order valence-electron chi connectivity index (χ2n) is 6.81. The van der Waals surface area contributed by atoms with Gasteiger partial charge in [-0.15, -0.1) is 0 Å². The molecular formula is C16H19N3O5S. The van der Waals surface area contributed by atoms with Gasteiger partial charge in [-0.2, -0.15) is 4.31 Å². The number of hydrogen-bond acceptors (Lipinski definition) is 6. The first-order valence-corrected chi connectivity index (χ1v) is 9.83. The summed E-state index contributed by atoms with van der Waals surface area (Å²) in [4.78, 5) is 15.5. The van der Waals surface area contributed by atoms with E-state index in [4.69, 9.17) is 4.52 Å². The maximum absolute atomic E-state index is 13.1.